The lowest BCUT2D eigenvalue weighted by atomic mass is 9.89. The Kier molecular flexibility index (Phi) is 5.09. The largest absolute Gasteiger partial charge is 0.327 e. The van der Waals surface area contributed by atoms with Crippen molar-refractivity contribution in [2.75, 3.05) is 13.1 Å². The Morgan fingerprint density at radius 2 is 1.87 bits per heavy atom. The second-order valence-corrected chi connectivity index (χ2v) is 6.88. The molecule has 2 aromatic carbocycles. The molecule has 23 heavy (non-hydrogen) atoms. The molecule has 1 aliphatic rings. The van der Waals surface area contributed by atoms with E-state index in [0.29, 0.717) is 5.92 Å². The fourth-order valence-corrected chi connectivity index (χ4v) is 3.57. The molecule has 2 N–H and O–H groups in total. The number of hydrogen-bond acceptors (Lipinski definition) is 2. The summed E-state index contributed by atoms with van der Waals surface area (Å²) in [4.78, 5) is 2.43. The molecule has 122 valence electrons. The summed E-state index contributed by atoms with van der Waals surface area (Å²) in [7, 11) is 0. The lowest BCUT2D eigenvalue weighted by molar-refractivity contribution is 0.149. The van der Waals surface area contributed by atoms with Crippen LogP contribution in [0.25, 0.3) is 0 Å². The van der Waals surface area contributed by atoms with E-state index in [1.54, 1.807) is 12.1 Å². The molecule has 2 atom stereocenters. The lowest BCUT2D eigenvalue weighted by Gasteiger charge is -2.36. The number of aryl methyl sites for hydroxylation is 1. The molecule has 0 aromatic heterocycles. The second kappa shape index (κ2) is 7.24. The Morgan fingerprint density at radius 1 is 1.09 bits per heavy atom. The number of nitrogens with zero attached hydrogens (tertiary/aromatic N) is 1. The first-order valence-electron chi connectivity index (χ1n) is 8.36. The molecule has 0 amide bonds. The summed E-state index contributed by atoms with van der Waals surface area (Å²) in [5, 5.41) is 0. The highest BCUT2D eigenvalue weighted by atomic mass is 19.1. The Labute approximate surface area is 138 Å². The third-order valence-corrected chi connectivity index (χ3v) is 4.59. The van der Waals surface area contributed by atoms with E-state index in [-0.39, 0.29) is 11.9 Å². The molecule has 3 heteroatoms. The van der Waals surface area contributed by atoms with Crippen molar-refractivity contribution in [3.05, 3.63) is 71.0 Å². The van der Waals surface area contributed by atoms with Gasteiger partial charge >= 0.3 is 0 Å². The Bertz CT molecular complexity index is 638. The summed E-state index contributed by atoms with van der Waals surface area (Å²) >= 11 is 0. The maximum absolute atomic E-state index is 13.4. The average molecular weight is 312 g/mol. The van der Waals surface area contributed by atoms with Gasteiger partial charge in [-0.2, -0.15) is 0 Å². The fraction of sp³-hybridized carbons (Fsp3) is 0.400. The highest BCUT2D eigenvalue weighted by molar-refractivity contribution is 5.21. The molecule has 0 spiro atoms. The maximum Gasteiger partial charge on any atom is 0.123 e. The van der Waals surface area contributed by atoms with E-state index >= 15 is 0 Å². The topological polar surface area (TPSA) is 29.3 Å². The van der Waals surface area contributed by atoms with E-state index in [9.17, 15) is 4.39 Å². The Balaban J connectivity index is 1.63. The summed E-state index contributed by atoms with van der Waals surface area (Å²) < 4.78 is 13.4. The van der Waals surface area contributed by atoms with Gasteiger partial charge in [-0.3, -0.25) is 4.90 Å². The molecule has 2 aromatic rings. The number of piperidine rings is 1. The first-order chi connectivity index (χ1) is 11.1. The highest BCUT2D eigenvalue weighted by Gasteiger charge is 2.25. The summed E-state index contributed by atoms with van der Waals surface area (Å²) in [6.45, 7) is 5.01. The molecule has 1 heterocycles. The van der Waals surface area contributed by atoms with Crippen molar-refractivity contribution in [3.63, 3.8) is 0 Å². The molecule has 0 aliphatic carbocycles. The van der Waals surface area contributed by atoms with Gasteiger partial charge in [0.25, 0.3) is 0 Å². The van der Waals surface area contributed by atoms with Gasteiger partial charge in [-0.05, 0) is 48.9 Å². The molecule has 3 rings (SSSR count). The zero-order valence-electron chi connectivity index (χ0n) is 13.7. The smallest absolute Gasteiger partial charge is 0.123 e. The molecule has 2 nitrogen and oxygen atoms in total. The van der Waals surface area contributed by atoms with Crippen molar-refractivity contribution in [3.8, 4) is 0 Å². The number of halogens is 1. The molecule has 2 unspecified atom stereocenters. The van der Waals surface area contributed by atoms with Crippen LogP contribution in [0.15, 0.2) is 48.5 Å². The van der Waals surface area contributed by atoms with Crippen LogP contribution >= 0.6 is 0 Å². The van der Waals surface area contributed by atoms with E-state index in [1.165, 1.54) is 17.2 Å². The SMILES string of the molecule is Cc1ccc(CN2CC(N)CC(Cc3cccc(F)c3)C2)cc1. The van der Waals surface area contributed by atoms with Crippen LogP contribution in [-0.4, -0.2) is 24.0 Å². The first-order valence-corrected chi connectivity index (χ1v) is 8.36. The van der Waals surface area contributed by atoms with Crippen LogP contribution in [0.1, 0.15) is 23.1 Å². The van der Waals surface area contributed by atoms with E-state index in [0.717, 1.165) is 38.0 Å². The van der Waals surface area contributed by atoms with Crippen molar-refractivity contribution in [1.82, 2.24) is 4.90 Å². The third-order valence-electron chi connectivity index (χ3n) is 4.59. The summed E-state index contributed by atoms with van der Waals surface area (Å²) in [5.41, 5.74) is 9.94. The monoisotopic (exact) mass is 312 g/mol. The molecule has 1 fully saturated rings. The molecule has 0 saturated carbocycles. The van der Waals surface area contributed by atoms with Crippen LogP contribution in [0, 0.1) is 18.7 Å². The van der Waals surface area contributed by atoms with E-state index < -0.39 is 0 Å². The molecular formula is C20H25FN2. The van der Waals surface area contributed by atoms with Crippen molar-refractivity contribution < 1.29 is 4.39 Å². The van der Waals surface area contributed by atoms with Crippen LogP contribution in [0.4, 0.5) is 4.39 Å². The maximum atomic E-state index is 13.4. The van der Waals surface area contributed by atoms with E-state index in [2.05, 4.69) is 36.1 Å². The minimum absolute atomic E-state index is 0.154. The minimum Gasteiger partial charge on any atom is -0.327 e. The van der Waals surface area contributed by atoms with Crippen LogP contribution in [0.3, 0.4) is 0 Å². The van der Waals surface area contributed by atoms with Gasteiger partial charge in [-0.15, -0.1) is 0 Å². The van der Waals surface area contributed by atoms with Crippen molar-refractivity contribution in [2.45, 2.75) is 32.4 Å². The van der Waals surface area contributed by atoms with Gasteiger partial charge in [0.05, 0.1) is 0 Å². The van der Waals surface area contributed by atoms with E-state index in [1.807, 2.05) is 6.07 Å². The Hall–Kier alpha value is -1.71. The summed E-state index contributed by atoms with van der Waals surface area (Å²) in [6, 6.07) is 15.8. The molecule has 0 radical (unpaired) electrons. The quantitative estimate of drug-likeness (QED) is 0.936. The predicted molar refractivity (Wildman–Crippen MR) is 92.6 cm³/mol. The molecule has 0 bridgehead atoms. The van der Waals surface area contributed by atoms with Crippen molar-refractivity contribution in [1.29, 1.82) is 0 Å². The normalized spacial score (nSPS) is 22.2. The van der Waals surface area contributed by atoms with Crippen LogP contribution in [0.5, 0.6) is 0 Å². The number of nitrogens with two attached hydrogens (primary N) is 1. The third kappa shape index (κ3) is 4.63. The predicted octanol–water partition coefficient (Wildman–Crippen LogP) is 3.53. The number of rotatable bonds is 4. The number of hydrogen-bond donors (Lipinski definition) is 1. The Morgan fingerprint density at radius 3 is 2.61 bits per heavy atom. The van der Waals surface area contributed by atoms with Gasteiger partial charge in [0.15, 0.2) is 0 Å². The molecule has 1 saturated heterocycles. The molecule has 1 aliphatic heterocycles. The number of benzene rings is 2. The summed E-state index contributed by atoms with van der Waals surface area (Å²) in [6.07, 6.45) is 1.91. The lowest BCUT2D eigenvalue weighted by Crippen LogP contribution is -2.47. The van der Waals surface area contributed by atoms with Crippen molar-refractivity contribution >= 4 is 0 Å². The number of likely N-dealkylation sites (tertiary alicyclic amines) is 1. The van der Waals surface area contributed by atoms with Crippen LogP contribution in [0.2, 0.25) is 0 Å². The first kappa shape index (κ1) is 16.2. The van der Waals surface area contributed by atoms with Gasteiger partial charge in [-0.1, -0.05) is 42.0 Å². The van der Waals surface area contributed by atoms with Crippen LogP contribution in [-0.2, 0) is 13.0 Å². The van der Waals surface area contributed by atoms with Gasteiger partial charge < -0.3 is 5.73 Å². The highest BCUT2D eigenvalue weighted by Crippen LogP contribution is 2.22. The van der Waals surface area contributed by atoms with Gasteiger partial charge in [0, 0.05) is 25.7 Å². The summed E-state index contributed by atoms with van der Waals surface area (Å²) in [5.74, 6) is 0.338. The van der Waals surface area contributed by atoms with Crippen LogP contribution < -0.4 is 5.73 Å². The molecular weight excluding hydrogens is 287 g/mol. The van der Waals surface area contributed by atoms with Gasteiger partial charge in [0.2, 0.25) is 0 Å². The van der Waals surface area contributed by atoms with Gasteiger partial charge in [0.1, 0.15) is 5.82 Å². The second-order valence-electron chi connectivity index (χ2n) is 6.88. The minimum atomic E-state index is -0.154. The standard InChI is InChI=1S/C20H25FN2/c1-15-5-7-16(8-6-15)12-23-13-18(11-20(22)14-23)9-17-3-2-4-19(21)10-17/h2-8,10,18,20H,9,11-14,22H2,1H3. The van der Waals surface area contributed by atoms with Crippen molar-refractivity contribution in [2.24, 2.45) is 11.7 Å². The van der Waals surface area contributed by atoms with E-state index in [4.69, 9.17) is 5.73 Å². The fourth-order valence-electron chi connectivity index (χ4n) is 3.57. The zero-order chi connectivity index (χ0) is 16.2. The van der Waals surface area contributed by atoms with Gasteiger partial charge in [-0.25, -0.2) is 4.39 Å². The average Bonchev–Trinajstić information content (AvgIpc) is 2.49. The zero-order valence-corrected chi connectivity index (χ0v) is 13.7.